The predicted molar refractivity (Wildman–Crippen MR) is 72.2 cm³/mol. The number of rotatable bonds is 9. The number of nitrogens with one attached hydrogen (secondary N) is 1. The number of hydrogen-bond donors (Lipinski definition) is 1. The van der Waals surface area contributed by atoms with Crippen LogP contribution in [0.15, 0.2) is 16.5 Å². The van der Waals surface area contributed by atoms with Gasteiger partial charge in [0.1, 0.15) is 11.5 Å². The van der Waals surface area contributed by atoms with Crippen LogP contribution < -0.4 is 5.32 Å². The fourth-order valence-electron chi connectivity index (χ4n) is 1.90. The van der Waals surface area contributed by atoms with Crippen LogP contribution in [0, 0.1) is 6.92 Å². The molecule has 0 saturated carbocycles. The van der Waals surface area contributed by atoms with Crippen LogP contribution in [0.5, 0.6) is 0 Å². The lowest BCUT2D eigenvalue weighted by Gasteiger charge is -2.14. The van der Waals surface area contributed by atoms with Gasteiger partial charge >= 0.3 is 0 Å². The van der Waals surface area contributed by atoms with Gasteiger partial charge in [-0.2, -0.15) is 0 Å². The Morgan fingerprint density at radius 3 is 2.71 bits per heavy atom. The smallest absolute Gasteiger partial charge is 0.118 e. The molecule has 0 aromatic carbocycles. The van der Waals surface area contributed by atoms with E-state index in [9.17, 15) is 0 Å². The number of unbranched alkanes of at least 4 members (excludes halogenated alkanes) is 2. The molecule has 0 radical (unpaired) electrons. The topological polar surface area (TPSA) is 28.4 Å². The van der Waals surface area contributed by atoms with Crippen LogP contribution >= 0.6 is 0 Å². The quantitative estimate of drug-likeness (QED) is 0.671. The van der Waals surface area contributed by atoms with Crippen LogP contribution in [0.2, 0.25) is 0 Å². The molecular weight excluding hydrogens is 212 g/mol. The molecule has 1 aromatic rings. The molecule has 0 bridgehead atoms. The van der Waals surface area contributed by atoms with E-state index in [0.29, 0.717) is 0 Å². The van der Waals surface area contributed by atoms with E-state index in [4.69, 9.17) is 4.42 Å². The van der Waals surface area contributed by atoms with Gasteiger partial charge in [-0.05, 0) is 58.6 Å². The molecule has 3 heteroatoms. The first-order valence-electron chi connectivity index (χ1n) is 6.67. The zero-order valence-corrected chi connectivity index (χ0v) is 11.5. The largest absolute Gasteiger partial charge is 0.465 e. The summed E-state index contributed by atoms with van der Waals surface area (Å²) in [5.41, 5.74) is 0. The molecule has 17 heavy (non-hydrogen) atoms. The van der Waals surface area contributed by atoms with E-state index in [1.807, 2.05) is 13.0 Å². The van der Waals surface area contributed by atoms with Crippen LogP contribution in [0.3, 0.4) is 0 Å². The summed E-state index contributed by atoms with van der Waals surface area (Å²) in [6, 6.07) is 4.09. The van der Waals surface area contributed by atoms with Crippen LogP contribution in [-0.4, -0.2) is 31.6 Å². The lowest BCUT2D eigenvalue weighted by atomic mass is 10.2. The van der Waals surface area contributed by atoms with Crippen molar-refractivity contribution in [3.05, 3.63) is 23.7 Å². The van der Waals surface area contributed by atoms with E-state index in [1.54, 1.807) is 0 Å². The van der Waals surface area contributed by atoms with Crippen molar-refractivity contribution in [3.63, 3.8) is 0 Å². The van der Waals surface area contributed by atoms with Crippen LogP contribution in [0.1, 0.15) is 37.7 Å². The Hall–Kier alpha value is -0.800. The van der Waals surface area contributed by atoms with Crippen molar-refractivity contribution in [2.75, 3.05) is 26.7 Å². The first kappa shape index (κ1) is 14.3. The minimum absolute atomic E-state index is 0.918. The maximum absolute atomic E-state index is 5.56. The molecule has 1 N–H and O–H groups in total. The second-order valence-electron chi connectivity index (χ2n) is 4.66. The van der Waals surface area contributed by atoms with Gasteiger partial charge in [-0.25, -0.2) is 0 Å². The zero-order chi connectivity index (χ0) is 12.5. The minimum Gasteiger partial charge on any atom is -0.465 e. The van der Waals surface area contributed by atoms with Gasteiger partial charge in [0.25, 0.3) is 0 Å². The Labute approximate surface area is 105 Å². The second-order valence-corrected chi connectivity index (χ2v) is 4.66. The van der Waals surface area contributed by atoms with E-state index in [1.165, 1.54) is 19.3 Å². The highest BCUT2D eigenvalue weighted by molar-refractivity contribution is 5.05. The molecular formula is C14H26N2O. The van der Waals surface area contributed by atoms with Crippen molar-refractivity contribution in [3.8, 4) is 0 Å². The number of furan rings is 1. The van der Waals surface area contributed by atoms with Gasteiger partial charge in [-0.1, -0.05) is 13.3 Å². The normalized spacial score (nSPS) is 11.3. The molecule has 0 saturated heterocycles. The van der Waals surface area contributed by atoms with Gasteiger partial charge < -0.3 is 9.73 Å². The van der Waals surface area contributed by atoms with Crippen molar-refractivity contribution >= 4 is 0 Å². The van der Waals surface area contributed by atoms with Crippen LogP contribution in [0.25, 0.3) is 0 Å². The summed E-state index contributed by atoms with van der Waals surface area (Å²) in [4.78, 5) is 2.32. The molecule has 98 valence electrons. The van der Waals surface area contributed by atoms with Gasteiger partial charge in [-0.3, -0.25) is 4.90 Å². The van der Waals surface area contributed by atoms with Gasteiger partial charge in [-0.15, -0.1) is 0 Å². The Bertz CT molecular complexity index is 296. The number of nitrogens with zero attached hydrogens (tertiary/aromatic N) is 1. The summed E-state index contributed by atoms with van der Waals surface area (Å²) in [5.74, 6) is 2.07. The highest BCUT2D eigenvalue weighted by Crippen LogP contribution is 2.09. The SMILES string of the molecule is CCNCCCCCN(C)Cc1ccc(C)o1. The molecule has 0 atom stereocenters. The number of hydrogen-bond acceptors (Lipinski definition) is 3. The van der Waals surface area contributed by atoms with Crippen molar-refractivity contribution in [2.24, 2.45) is 0 Å². The average molecular weight is 238 g/mol. The van der Waals surface area contributed by atoms with Crippen LogP contribution in [-0.2, 0) is 6.54 Å². The lowest BCUT2D eigenvalue weighted by molar-refractivity contribution is 0.285. The summed E-state index contributed by atoms with van der Waals surface area (Å²) in [6.07, 6.45) is 3.84. The molecule has 0 fully saturated rings. The summed E-state index contributed by atoms with van der Waals surface area (Å²) >= 11 is 0. The molecule has 1 aromatic heterocycles. The van der Waals surface area contributed by atoms with Gasteiger partial charge in [0.15, 0.2) is 0 Å². The minimum atomic E-state index is 0.918. The lowest BCUT2D eigenvalue weighted by Crippen LogP contribution is -2.19. The Morgan fingerprint density at radius 1 is 1.24 bits per heavy atom. The summed E-state index contributed by atoms with van der Waals surface area (Å²) in [5, 5.41) is 3.35. The molecule has 0 amide bonds. The molecule has 1 heterocycles. The highest BCUT2D eigenvalue weighted by atomic mass is 16.3. The molecule has 0 aliphatic heterocycles. The van der Waals surface area contributed by atoms with Crippen molar-refractivity contribution < 1.29 is 4.42 Å². The van der Waals surface area contributed by atoms with E-state index in [-0.39, 0.29) is 0 Å². The van der Waals surface area contributed by atoms with Crippen molar-refractivity contribution in [1.29, 1.82) is 0 Å². The third-order valence-electron chi connectivity index (χ3n) is 2.87. The van der Waals surface area contributed by atoms with Crippen molar-refractivity contribution in [2.45, 2.75) is 39.7 Å². The third-order valence-corrected chi connectivity index (χ3v) is 2.87. The summed E-state index contributed by atoms with van der Waals surface area (Å²) < 4.78 is 5.56. The zero-order valence-electron chi connectivity index (χ0n) is 11.5. The highest BCUT2D eigenvalue weighted by Gasteiger charge is 2.03. The summed E-state index contributed by atoms with van der Waals surface area (Å²) in [7, 11) is 2.15. The fraction of sp³-hybridized carbons (Fsp3) is 0.714. The maximum Gasteiger partial charge on any atom is 0.118 e. The Kier molecular flexibility index (Phi) is 6.97. The predicted octanol–water partition coefficient (Wildman–Crippen LogP) is 2.80. The third kappa shape index (κ3) is 6.49. The Morgan fingerprint density at radius 2 is 2.06 bits per heavy atom. The second kappa shape index (κ2) is 8.31. The first-order chi connectivity index (χ1) is 8.22. The van der Waals surface area contributed by atoms with Crippen LogP contribution in [0.4, 0.5) is 0 Å². The molecule has 3 nitrogen and oxygen atoms in total. The summed E-state index contributed by atoms with van der Waals surface area (Å²) in [6.45, 7) is 8.44. The van der Waals surface area contributed by atoms with E-state index < -0.39 is 0 Å². The van der Waals surface area contributed by atoms with Gasteiger partial charge in [0.05, 0.1) is 6.54 Å². The maximum atomic E-state index is 5.56. The average Bonchev–Trinajstić information content (AvgIpc) is 2.69. The van der Waals surface area contributed by atoms with Gasteiger partial charge in [0.2, 0.25) is 0 Å². The fourth-order valence-corrected chi connectivity index (χ4v) is 1.90. The van der Waals surface area contributed by atoms with Gasteiger partial charge in [0, 0.05) is 0 Å². The monoisotopic (exact) mass is 238 g/mol. The first-order valence-corrected chi connectivity index (χ1v) is 6.67. The standard InChI is InChI=1S/C14H26N2O/c1-4-15-10-6-5-7-11-16(3)12-14-9-8-13(2)17-14/h8-9,15H,4-7,10-12H2,1-3H3. The molecule has 1 rings (SSSR count). The van der Waals surface area contributed by atoms with E-state index in [2.05, 4.69) is 30.3 Å². The molecule has 0 unspecified atom stereocenters. The molecule has 0 spiro atoms. The molecule has 0 aliphatic carbocycles. The Balaban J connectivity index is 2.03. The van der Waals surface area contributed by atoms with E-state index in [0.717, 1.165) is 37.7 Å². The van der Waals surface area contributed by atoms with Crippen molar-refractivity contribution in [1.82, 2.24) is 10.2 Å². The van der Waals surface area contributed by atoms with E-state index >= 15 is 0 Å². The molecule has 0 aliphatic rings. The number of aryl methyl sites for hydroxylation is 1.